The topological polar surface area (TPSA) is 382 Å². The summed E-state index contributed by atoms with van der Waals surface area (Å²) in [6.45, 7) is 1.59. The van der Waals surface area contributed by atoms with Gasteiger partial charge in [0.2, 0.25) is 40.1 Å². The summed E-state index contributed by atoms with van der Waals surface area (Å²) in [6.07, 6.45) is 7.60. The lowest BCUT2D eigenvalue weighted by molar-refractivity contribution is 0.101. The summed E-state index contributed by atoms with van der Waals surface area (Å²) in [5, 5.41) is 48.8. The van der Waals surface area contributed by atoms with Gasteiger partial charge in [-0.1, -0.05) is 35.9 Å². The summed E-state index contributed by atoms with van der Waals surface area (Å²) in [7, 11) is -15.3. The predicted molar refractivity (Wildman–Crippen MR) is 415 cm³/mol. The number of benzene rings is 8. The molecule has 0 aliphatic heterocycles. The fourth-order valence-corrected chi connectivity index (χ4v) is 18.5. The number of amides is 4. The molecular weight excluding hydrogens is 1630 g/mol. The Morgan fingerprint density at radius 1 is 0.348 bits per heavy atom. The van der Waals surface area contributed by atoms with Crippen molar-refractivity contribution in [3.05, 3.63) is 236 Å². The van der Waals surface area contributed by atoms with E-state index in [0.717, 1.165) is 37.5 Å². The van der Waals surface area contributed by atoms with Gasteiger partial charge in [0.15, 0.2) is 11.6 Å². The molecule has 12 N–H and O–H groups in total. The standard InChI is InChI=1S/C20H23FN2O4S.C19H20BrFN2O4S.C19H20ClFN2O4S.C19H20F2N2O4S/c1-13-10-15(8-9-19(13)21)22-20(25)14-4-2-7-18(11-14)28(26,27)23-16-5-3-6-17(24)12-16;20-17-11-14(6-9-18(17)21)22-19(25)12-2-1-3-16(10-12)28(26,27)23-13-4-7-15(24)8-5-13;20-17-11-13(7-8-18(17)21)22-19(25)12-3-1-6-16(9-12)28(26,27)23-14-4-2-5-15(24)10-14;20-17-8-7-13(11-18(17)21)22-19(25)12-3-1-6-16(9-12)28(26,27)23-14-4-2-5-15(24)10-14/h2,4,7-11,16-17,23-24H,3,5-6,12H2,1H3,(H,22,25);1-3,6,9-11,13,15,23-24H,4-5,7-8H2,(H,22,25);2*1,3,6-9,11,14-15,23-24H,2,4-5,10H2,(H,22,25). The van der Waals surface area contributed by atoms with Gasteiger partial charge in [-0.25, -0.2) is 74.5 Å². The van der Waals surface area contributed by atoms with Gasteiger partial charge in [0.05, 0.1) is 53.5 Å². The molecule has 6 unspecified atom stereocenters. The summed E-state index contributed by atoms with van der Waals surface area (Å²) in [5.41, 5.74) is 2.06. The molecule has 0 spiro atoms. The maximum absolute atomic E-state index is 13.4. The zero-order valence-corrected chi connectivity index (χ0v) is 65.7. The number of aryl methyl sites for hydroxylation is 1. The van der Waals surface area contributed by atoms with Crippen molar-refractivity contribution < 1.29 is 95.2 Å². The van der Waals surface area contributed by atoms with Crippen LogP contribution < -0.4 is 40.2 Å². The van der Waals surface area contributed by atoms with Crippen molar-refractivity contribution >= 4 is 114 Å². The number of hydrogen-bond acceptors (Lipinski definition) is 16. The molecule has 35 heteroatoms. The Morgan fingerprint density at radius 2 is 0.661 bits per heavy atom. The van der Waals surface area contributed by atoms with Gasteiger partial charge in [0, 0.05) is 75.2 Å². The van der Waals surface area contributed by atoms with Gasteiger partial charge in [-0.05, 0) is 271 Å². The average molecular weight is 1720 g/mol. The Bertz CT molecular complexity index is 4820. The molecule has 4 saturated carbocycles. The van der Waals surface area contributed by atoms with Gasteiger partial charge in [0.25, 0.3) is 23.6 Å². The number of sulfonamides is 4. The van der Waals surface area contributed by atoms with E-state index in [4.69, 9.17) is 11.6 Å². The molecule has 0 heterocycles. The van der Waals surface area contributed by atoms with E-state index in [0.29, 0.717) is 106 Å². The number of rotatable bonds is 20. The average Bonchev–Trinajstić information content (AvgIpc) is 0.826. The molecule has 6 atom stereocenters. The van der Waals surface area contributed by atoms with Gasteiger partial charge >= 0.3 is 0 Å². The first-order chi connectivity index (χ1) is 53.0. The monoisotopic (exact) mass is 1710 g/mol. The third-order valence-electron chi connectivity index (χ3n) is 18.5. The molecule has 24 nitrogen and oxygen atoms in total. The van der Waals surface area contributed by atoms with Crippen molar-refractivity contribution in [3.63, 3.8) is 0 Å². The van der Waals surface area contributed by atoms with Gasteiger partial charge in [0.1, 0.15) is 17.5 Å². The molecule has 0 saturated heterocycles. The van der Waals surface area contributed by atoms with Crippen LogP contribution in [-0.4, -0.2) is 126 Å². The van der Waals surface area contributed by atoms with Crippen LogP contribution in [0, 0.1) is 36.0 Å². The van der Waals surface area contributed by atoms with Crippen molar-refractivity contribution in [2.45, 2.75) is 178 Å². The quantitative estimate of drug-likeness (QED) is 0.0315. The molecule has 8 aromatic carbocycles. The minimum atomic E-state index is -3.88. The van der Waals surface area contributed by atoms with Crippen molar-refractivity contribution in [1.82, 2.24) is 18.9 Å². The number of aliphatic hydroxyl groups excluding tert-OH is 4. The third-order valence-corrected chi connectivity index (χ3v) is 25.5. The number of hydrogen-bond donors (Lipinski definition) is 12. The lowest BCUT2D eigenvalue weighted by Crippen LogP contribution is -2.39. The number of anilines is 4. The SMILES string of the molecule is Cc1cc(NC(=O)c2cccc(S(=O)(=O)NC3CCCC(O)C3)c2)ccc1F.O=C(Nc1ccc(F)c(Br)c1)c1cccc(S(=O)(=O)NC2CCC(O)CC2)c1.O=C(Nc1ccc(F)c(Cl)c1)c1cccc(S(=O)(=O)NC2CCCC(O)C2)c1.O=C(Nc1ccc(F)c(F)c1)c1cccc(S(=O)(=O)NC2CCCC(O)C2)c1. The molecule has 0 bridgehead atoms. The van der Waals surface area contributed by atoms with E-state index in [2.05, 4.69) is 56.1 Å². The first-order valence-electron chi connectivity index (χ1n) is 35.6. The first kappa shape index (κ1) is 87.5. The van der Waals surface area contributed by atoms with E-state index in [1.807, 2.05) is 0 Å². The summed E-state index contributed by atoms with van der Waals surface area (Å²) >= 11 is 8.75. The molecule has 4 amide bonds. The van der Waals surface area contributed by atoms with Crippen molar-refractivity contribution in [2.24, 2.45) is 0 Å². The van der Waals surface area contributed by atoms with Crippen LogP contribution in [0.3, 0.4) is 0 Å². The lowest BCUT2D eigenvalue weighted by atomic mass is 9.94. The summed E-state index contributed by atoms with van der Waals surface area (Å²) in [5.74, 6) is -5.77. The number of nitrogens with one attached hydrogen (secondary N) is 8. The van der Waals surface area contributed by atoms with Crippen molar-refractivity contribution in [1.29, 1.82) is 0 Å². The molecule has 8 aromatic rings. The molecular formula is C77H83BrClF5N8O16S4. The van der Waals surface area contributed by atoms with Gasteiger partial charge < -0.3 is 41.7 Å². The highest BCUT2D eigenvalue weighted by molar-refractivity contribution is 9.10. The first-order valence-corrected chi connectivity index (χ1v) is 42.7. The summed E-state index contributed by atoms with van der Waals surface area (Å²) < 4.78 is 178. The summed E-state index contributed by atoms with van der Waals surface area (Å²) in [6, 6.07) is 36.1. The molecule has 4 aliphatic carbocycles. The fraction of sp³-hybridized carbons (Fsp3) is 0.325. The highest BCUT2D eigenvalue weighted by Crippen LogP contribution is 2.29. The van der Waals surface area contributed by atoms with Crippen LogP contribution in [0.15, 0.2) is 194 Å². The van der Waals surface area contributed by atoms with E-state index >= 15 is 0 Å². The second-order valence-corrected chi connectivity index (χ2v) is 35.4. The molecule has 112 heavy (non-hydrogen) atoms. The Labute approximate surface area is 659 Å². The van der Waals surface area contributed by atoms with Crippen LogP contribution in [0.25, 0.3) is 0 Å². The second kappa shape index (κ2) is 39.5. The maximum atomic E-state index is 13.4. The predicted octanol–water partition coefficient (Wildman–Crippen LogP) is 12.5. The minimum absolute atomic E-state index is 0.00782. The number of halogens is 7. The van der Waals surface area contributed by atoms with E-state index in [1.165, 1.54) is 152 Å². The Hall–Kier alpha value is -8.46. The highest BCUT2D eigenvalue weighted by Gasteiger charge is 2.31. The molecule has 4 aliphatic rings. The van der Waals surface area contributed by atoms with Gasteiger partial charge in [-0.15, -0.1) is 0 Å². The van der Waals surface area contributed by atoms with Crippen LogP contribution in [-0.2, 0) is 40.1 Å². The molecule has 0 radical (unpaired) electrons. The zero-order chi connectivity index (χ0) is 81.2. The lowest BCUT2D eigenvalue weighted by Gasteiger charge is -2.26. The van der Waals surface area contributed by atoms with E-state index in [-0.39, 0.29) is 93.1 Å². The minimum Gasteiger partial charge on any atom is -0.393 e. The Morgan fingerprint density at radius 3 is 0.991 bits per heavy atom. The Kier molecular flexibility index (Phi) is 30.9. The van der Waals surface area contributed by atoms with E-state index in [1.54, 1.807) is 6.92 Å². The molecule has 600 valence electrons. The Balaban J connectivity index is 0.000000171. The molecule has 12 rings (SSSR count). The summed E-state index contributed by atoms with van der Waals surface area (Å²) in [4.78, 5) is 49.5. The van der Waals surface area contributed by atoms with Crippen LogP contribution in [0.1, 0.15) is 150 Å². The van der Waals surface area contributed by atoms with Gasteiger partial charge in [-0.3, -0.25) is 19.2 Å². The van der Waals surface area contributed by atoms with Crippen LogP contribution >= 0.6 is 27.5 Å². The van der Waals surface area contributed by atoms with Crippen LogP contribution in [0.2, 0.25) is 5.02 Å². The maximum Gasteiger partial charge on any atom is 0.255 e. The third kappa shape index (κ3) is 25.8. The smallest absolute Gasteiger partial charge is 0.255 e. The number of carbonyl (C=O) groups excluding carboxylic acids is 4. The van der Waals surface area contributed by atoms with Crippen LogP contribution in [0.4, 0.5) is 44.7 Å². The number of aliphatic hydroxyl groups is 4. The highest BCUT2D eigenvalue weighted by atomic mass is 79.9. The molecule has 0 aromatic heterocycles. The van der Waals surface area contributed by atoms with E-state index in [9.17, 15) is 95.2 Å². The largest absolute Gasteiger partial charge is 0.393 e. The van der Waals surface area contributed by atoms with Crippen LogP contribution in [0.5, 0.6) is 0 Å². The van der Waals surface area contributed by atoms with Crippen molar-refractivity contribution in [3.8, 4) is 0 Å². The fourth-order valence-electron chi connectivity index (χ4n) is 12.6. The zero-order valence-electron chi connectivity index (χ0n) is 60.1. The molecule has 4 fully saturated rings. The van der Waals surface area contributed by atoms with Gasteiger partial charge in [-0.2, -0.15) is 0 Å². The van der Waals surface area contributed by atoms with Crippen molar-refractivity contribution in [2.75, 3.05) is 21.3 Å². The number of carbonyl (C=O) groups is 4. The van der Waals surface area contributed by atoms with E-state index < -0.39 is 105 Å². The second-order valence-electron chi connectivity index (χ2n) is 27.3. The normalized spacial score (nSPS) is 20.0.